The Morgan fingerprint density at radius 2 is 1.95 bits per heavy atom. The summed E-state index contributed by atoms with van der Waals surface area (Å²) in [6, 6.07) is 4.46. The lowest BCUT2D eigenvalue weighted by molar-refractivity contribution is -0.114. The minimum Gasteiger partial charge on any atom is -0.325 e. The van der Waals surface area contributed by atoms with E-state index in [-0.39, 0.29) is 24.5 Å². The molecule has 0 unspecified atom stereocenters. The van der Waals surface area contributed by atoms with Gasteiger partial charge < -0.3 is 14.4 Å². The van der Waals surface area contributed by atoms with Gasteiger partial charge in [-0.3, -0.25) is 14.2 Å². The van der Waals surface area contributed by atoms with Gasteiger partial charge in [-0.1, -0.05) is 11.6 Å². The molecule has 8 heteroatoms. The molecule has 1 N–H and O–H groups in total. The molecule has 0 saturated heterocycles. The SMILES string of the molecule is CCOP(=O)(CC(=O)Nc1cc(Cl)ccc1C=O)OCC. The minimum absolute atomic E-state index is 0.168. The van der Waals surface area contributed by atoms with Gasteiger partial charge in [0.1, 0.15) is 6.16 Å². The van der Waals surface area contributed by atoms with Gasteiger partial charge in [0.25, 0.3) is 0 Å². The van der Waals surface area contributed by atoms with Gasteiger partial charge in [0.15, 0.2) is 6.29 Å². The normalized spacial score (nSPS) is 11.2. The Labute approximate surface area is 128 Å². The first-order valence-corrected chi connectivity index (χ1v) is 8.47. The summed E-state index contributed by atoms with van der Waals surface area (Å²) in [5, 5.41) is 2.86. The third-order valence-electron chi connectivity index (χ3n) is 2.41. The number of nitrogens with one attached hydrogen (secondary N) is 1. The highest BCUT2D eigenvalue weighted by Crippen LogP contribution is 2.47. The average Bonchev–Trinajstić information content (AvgIpc) is 2.38. The van der Waals surface area contributed by atoms with Crippen molar-refractivity contribution in [1.82, 2.24) is 0 Å². The van der Waals surface area contributed by atoms with E-state index in [2.05, 4.69) is 5.32 Å². The van der Waals surface area contributed by atoms with Crippen molar-refractivity contribution in [1.29, 1.82) is 0 Å². The summed E-state index contributed by atoms with van der Waals surface area (Å²) in [5.74, 6) is -0.578. The summed E-state index contributed by atoms with van der Waals surface area (Å²) in [7, 11) is -3.48. The zero-order valence-corrected chi connectivity index (χ0v) is 13.4. The predicted octanol–water partition coefficient (Wildman–Crippen LogP) is 3.36. The van der Waals surface area contributed by atoms with Crippen molar-refractivity contribution < 1.29 is 23.2 Å². The van der Waals surface area contributed by atoms with Crippen LogP contribution in [0.25, 0.3) is 0 Å². The van der Waals surface area contributed by atoms with Crippen LogP contribution >= 0.6 is 19.2 Å². The topological polar surface area (TPSA) is 81.7 Å². The summed E-state index contributed by atoms with van der Waals surface area (Å²) in [6.45, 7) is 3.65. The van der Waals surface area contributed by atoms with Crippen LogP contribution in [0.4, 0.5) is 5.69 Å². The molecule has 0 bridgehead atoms. The molecule has 1 aromatic carbocycles. The van der Waals surface area contributed by atoms with Crippen LogP contribution in [0.1, 0.15) is 24.2 Å². The first-order valence-electron chi connectivity index (χ1n) is 6.36. The number of halogens is 1. The first kappa shape index (κ1) is 17.9. The number of anilines is 1. The smallest absolute Gasteiger partial charge is 0.325 e. The Morgan fingerprint density at radius 3 is 2.48 bits per heavy atom. The van der Waals surface area contributed by atoms with Gasteiger partial charge in [-0.2, -0.15) is 0 Å². The van der Waals surface area contributed by atoms with Crippen LogP contribution in [0, 0.1) is 0 Å². The van der Waals surface area contributed by atoms with Crippen LogP contribution in [-0.2, 0) is 18.4 Å². The van der Waals surface area contributed by atoms with Crippen molar-refractivity contribution >= 4 is 37.1 Å². The van der Waals surface area contributed by atoms with Crippen LogP contribution in [0.3, 0.4) is 0 Å². The van der Waals surface area contributed by atoms with Crippen molar-refractivity contribution in [3.8, 4) is 0 Å². The molecule has 116 valence electrons. The van der Waals surface area contributed by atoms with Gasteiger partial charge in [0.2, 0.25) is 5.91 Å². The van der Waals surface area contributed by atoms with Crippen LogP contribution in [0.15, 0.2) is 18.2 Å². The molecule has 0 radical (unpaired) electrons. The van der Waals surface area contributed by atoms with Gasteiger partial charge in [-0.15, -0.1) is 0 Å². The van der Waals surface area contributed by atoms with Gasteiger partial charge in [0, 0.05) is 10.6 Å². The summed E-state index contributed by atoms with van der Waals surface area (Å²) < 4.78 is 22.3. The summed E-state index contributed by atoms with van der Waals surface area (Å²) in [4.78, 5) is 22.9. The van der Waals surface area contributed by atoms with E-state index < -0.39 is 19.7 Å². The molecule has 21 heavy (non-hydrogen) atoms. The zero-order chi connectivity index (χ0) is 15.9. The third kappa shape index (κ3) is 5.59. The fourth-order valence-electron chi connectivity index (χ4n) is 1.63. The lowest BCUT2D eigenvalue weighted by Crippen LogP contribution is -2.19. The van der Waals surface area contributed by atoms with Crippen LogP contribution < -0.4 is 5.32 Å². The second kappa shape index (κ2) is 8.29. The van der Waals surface area contributed by atoms with E-state index in [1.54, 1.807) is 13.8 Å². The maximum Gasteiger partial charge on any atom is 0.340 e. The van der Waals surface area contributed by atoms with E-state index >= 15 is 0 Å². The van der Waals surface area contributed by atoms with E-state index in [4.69, 9.17) is 20.6 Å². The van der Waals surface area contributed by atoms with Crippen molar-refractivity contribution in [3.05, 3.63) is 28.8 Å². The van der Waals surface area contributed by atoms with E-state index in [1.165, 1.54) is 18.2 Å². The summed E-state index contributed by atoms with van der Waals surface area (Å²) >= 11 is 5.82. The number of hydrogen-bond acceptors (Lipinski definition) is 5. The molecule has 0 heterocycles. The number of carbonyl (C=O) groups excluding carboxylic acids is 2. The third-order valence-corrected chi connectivity index (χ3v) is 4.62. The Balaban J connectivity index is 2.83. The molecule has 6 nitrogen and oxygen atoms in total. The Bertz CT molecular complexity index is 553. The standard InChI is InChI=1S/C13H17ClNO5P/c1-3-19-21(18,20-4-2)9-13(17)15-12-7-11(14)6-5-10(12)8-16/h5-8H,3-4,9H2,1-2H3,(H,15,17). The Morgan fingerprint density at radius 1 is 1.33 bits per heavy atom. The van der Waals surface area contributed by atoms with Crippen LogP contribution in [-0.4, -0.2) is 31.6 Å². The van der Waals surface area contributed by atoms with Gasteiger partial charge in [0.05, 0.1) is 18.9 Å². The van der Waals surface area contributed by atoms with Crippen molar-refractivity contribution in [2.75, 3.05) is 24.7 Å². The summed E-state index contributed by atoms with van der Waals surface area (Å²) in [5.41, 5.74) is 0.525. The number of hydrogen-bond donors (Lipinski definition) is 1. The predicted molar refractivity (Wildman–Crippen MR) is 81.2 cm³/mol. The highest BCUT2D eigenvalue weighted by Gasteiger charge is 2.27. The van der Waals surface area contributed by atoms with Crippen molar-refractivity contribution in [3.63, 3.8) is 0 Å². The monoisotopic (exact) mass is 333 g/mol. The molecule has 0 aromatic heterocycles. The van der Waals surface area contributed by atoms with Gasteiger partial charge in [-0.05, 0) is 32.0 Å². The van der Waals surface area contributed by atoms with Crippen LogP contribution in [0.2, 0.25) is 5.02 Å². The first-order chi connectivity index (χ1) is 9.94. The second-order valence-corrected chi connectivity index (χ2v) is 6.49. The molecule has 1 amide bonds. The van der Waals surface area contributed by atoms with E-state index in [9.17, 15) is 14.2 Å². The molecule has 0 saturated carbocycles. The molecule has 1 rings (SSSR count). The molecule has 0 aliphatic heterocycles. The molecular formula is C13H17ClNO5P. The highest BCUT2D eigenvalue weighted by molar-refractivity contribution is 7.54. The molecule has 0 spiro atoms. The van der Waals surface area contributed by atoms with Gasteiger partial charge in [-0.25, -0.2) is 0 Å². The fourth-order valence-corrected chi connectivity index (χ4v) is 3.27. The number of carbonyl (C=O) groups is 2. The molecule has 0 aliphatic carbocycles. The lowest BCUT2D eigenvalue weighted by atomic mass is 10.2. The zero-order valence-electron chi connectivity index (χ0n) is 11.8. The van der Waals surface area contributed by atoms with E-state index in [0.29, 0.717) is 11.3 Å². The maximum atomic E-state index is 12.2. The molecular weight excluding hydrogens is 317 g/mol. The van der Waals surface area contributed by atoms with Crippen LogP contribution in [0.5, 0.6) is 0 Å². The second-order valence-electron chi connectivity index (χ2n) is 4.00. The molecule has 0 fully saturated rings. The Kier molecular flexibility index (Phi) is 7.05. The van der Waals surface area contributed by atoms with E-state index in [1.807, 2.05) is 0 Å². The largest absolute Gasteiger partial charge is 0.340 e. The number of rotatable bonds is 8. The lowest BCUT2D eigenvalue weighted by Gasteiger charge is -2.16. The fraction of sp³-hybridized carbons (Fsp3) is 0.385. The molecule has 0 aliphatic rings. The Hall–Kier alpha value is -1.20. The number of amides is 1. The number of aldehydes is 1. The van der Waals surface area contributed by atoms with Crippen molar-refractivity contribution in [2.24, 2.45) is 0 Å². The summed E-state index contributed by atoms with van der Waals surface area (Å²) in [6.07, 6.45) is 0.163. The number of benzene rings is 1. The molecule has 0 atom stereocenters. The van der Waals surface area contributed by atoms with E-state index in [0.717, 1.165) is 0 Å². The maximum absolute atomic E-state index is 12.2. The molecule has 1 aromatic rings. The van der Waals surface area contributed by atoms with Gasteiger partial charge >= 0.3 is 7.60 Å². The highest BCUT2D eigenvalue weighted by atomic mass is 35.5. The quantitative estimate of drug-likeness (QED) is 0.582. The minimum atomic E-state index is -3.48. The van der Waals surface area contributed by atoms with Crippen molar-refractivity contribution in [2.45, 2.75) is 13.8 Å². The average molecular weight is 334 g/mol.